The first-order chi connectivity index (χ1) is 10.2. The lowest BCUT2D eigenvalue weighted by atomic mass is 10.2. The maximum Gasteiger partial charge on any atom is 0.120 e. The Morgan fingerprint density at radius 2 is 1.90 bits per heavy atom. The van der Waals surface area contributed by atoms with Crippen molar-refractivity contribution in [3.8, 4) is 5.75 Å². The Labute approximate surface area is 130 Å². The van der Waals surface area contributed by atoms with Crippen LogP contribution in [0.4, 0.5) is 0 Å². The van der Waals surface area contributed by atoms with Crippen molar-refractivity contribution in [2.24, 2.45) is 0 Å². The summed E-state index contributed by atoms with van der Waals surface area (Å²) in [5.74, 6) is 0.944. The van der Waals surface area contributed by atoms with Gasteiger partial charge in [0, 0.05) is 26.9 Å². The average Bonchev–Trinajstić information content (AvgIpc) is 3.06. The summed E-state index contributed by atoms with van der Waals surface area (Å²) >= 11 is 1.91. The van der Waals surface area contributed by atoms with Crippen LogP contribution in [0.15, 0.2) is 42.6 Å². The van der Waals surface area contributed by atoms with E-state index in [1.54, 1.807) is 0 Å². The van der Waals surface area contributed by atoms with Gasteiger partial charge < -0.3 is 9.30 Å². The Kier molecular flexibility index (Phi) is 4.02. The van der Waals surface area contributed by atoms with E-state index >= 15 is 0 Å². The molecule has 0 N–H and O–H groups in total. The van der Waals surface area contributed by atoms with Crippen molar-refractivity contribution in [2.75, 3.05) is 0 Å². The molecule has 2 heterocycles. The first-order valence-electron chi connectivity index (χ1n) is 7.49. The number of nitrogens with zero attached hydrogens (tertiary/aromatic N) is 1. The molecule has 0 saturated heterocycles. The lowest BCUT2D eigenvalue weighted by Gasteiger charge is -2.10. The molecule has 3 aromatic rings. The number of aryl methyl sites for hydroxylation is 1. The fourth-order valence-corrected chi connectivity index (χ4v) is 3.48. The highest BCUT2D eigenvalue weighted by atomic mass is 32.1. The van der Waals surface area contributed by atoms with Crippen molar-refractivity contribution < 1.29 is 4.74 Å². The molecule has 0 amide bonds. The number of thiophene rings is 1. The molecule has 0 saturated carbocycles. The average molecular weight is 299 g/mol. The predicted molar refractivity (Wildman–Crippen MR) is 90.5 cm³/mol. The Balaban J connectivity index is 1.86. The zero-order valence-electron chi connectivity index (χ0n) is 12.8. The molecular weight excluding hydrogens is 278 g/mol. The van der Waals surface area contributed by atoms with Gasteiger partial charge in [0.25, 0.3) is 0 Å². The lowest BCUT2D eigenvalue weighted by molar-refractivity contribution is 0.243. The van der Waals surface area contributed by atoms with Gasteiger partial charge in [-0.25, -0.2) is 0 Å². The third kappa shape index (κ3) is 3.13. The summed E-state index contributed by atoms with van der Waals surface area (Å²) in [5, 5.41) is 1.24. The first kappa shape index (κ1) is 14.2. The molecule has 0 bridgehead atoms. The van der Waals surface area contributed by atoms with Crippen LogP contribution < -0.4 is 4.74 Å². The molecule has 0 radical (unpaired) electrons. The second-order valence-corrected chi connectivity index (χ2v) is 6.81. The molecule has 0 fully saturated rings. The highest BCUT2D eigenvalue weighted by molar-refractivity contribution is 7.11. The summed E-state index contributed by atoms with van der Waals surface area (Å²) in [4.78, 5) is 2.86. The van der Waals surface area contributed by atoms with Crippen LogP contribution in [0.5, 0.6) is 5.75 Å². The monoisotopic (exact) mass is 299 g/mol. The van der Waals surface area contributed by atoms with E-state index < -0.39 is 0 Å². The molecule has 0 aliphatic carbocycles. The maximum atomic E-state index is 5.76. The smallest absolute Gasteiger partial charge is 0.120 e. The van der Waals surface area contributed by atoms with Crippen molar-refractivity contribution in [2.45, 2.75) is 39.8 Å². The molecule has 0 aliphatic heterocycles. The van der Waals surface area contributed by atoms with Gasteiger partial charge in [0.15, 0.2) is 0 Å². The number of ether oxygens (including phenoxy) is 1. The molecule has 0 atom stereocenters. The SMILES string of the molecule is CCc1ccc(Cn2ccc3cc(OC(C)C)ccc32)s1. The molecule has 0 spiro atoms. The normalized spacial score (nSPS) is 11.4. The van der Waals surface area contributed by atoms with E-state index in [1.165, 1.54) is 20.7 Å². The fraction of sp³-hybridized carbons (Fsp3) is 0.333. The Morgan fingerprint density at radius 1 is 1.10 bits per heavy atom. The van der Waals surface area contributed by atoms with E-state index in [4.69, 9.17) is 4.74 Å². The van der Waals surface area contributed by atoms with Crippen LogP contribution in [0.1, 0.15) is 30.5 Å². The largest absolute Gasteiger partial charge is 0.491 e. The Morgan fingerprint density at radius 3 is 2.62 bits per heavy atom. The summed E-state index contributed by atoms with van der Waals surface area (Å²) in [6.07, 6.45) is 3.49. The summed E-state index contributed by atoms with van der Waals surface area (Å²) in [6, 6.07) is 13.0. The summed E-state index contributed by atoms with van der Waals surface area (Å²) in [5.41, 5.74) is 1.26. The van der Waals surface area contributed by atoms with Crippen molar-refractivity contribution in [3.63, 3.8) is 0 Å². The molecular formula is C18H21NOS. The third-order valence-electron chi connectivity index (χ3n) is 3.51. The molecule has 110 valence electrons. The van der Waals surface area contributed by atoms with E-state index in [2.05, 4.69) is 67.9 Å². The minimum absolute atomic E-state index is 0.211. The summed E-state index contributed by atoms with van der Waals surface area (Å²) in [6.45, 7) is 7.25. The minimum atomic E-state index is 0.211. The first-order valence-corrected chi connectivity index (χ1v) is 8.30. The van der Waals surface area contributed by atoms with Gasteiger partial charge in [-0.05, 0) is 56.7 Å². The zero-order valence-corrected chi connectivity index (χ0v) is 13.6. The number of benzene rings is 1. The van der Waals surface area contributed by atoms with Crippen LogP contribution in [-0.2, 0) is 13.0 Å². The van der Waals surface area contributed by atoms with Gasteiger partial charge in [-0.2, -0.15) is 0 Å². The van der Waals surface area contributed by atoms with Crippen LogP contribution in [-0.4, -0.2) is 10.7 Å². The maximum absolute atomic E-state index is 5.76. The fourth-order valence-electron chi connectivity index (χ4n) is 2.53. The Bertz CT molecular complexity index is 739. The van der Waals surface area contributed by atoms with Crippen LogP contribution in [0, 0.1) is 0 Å². The standard InChI is InChI=1S/C18H21NOS/c1-4-16-6-7-17(21-16)12-19-10-9-14-11-15(20-13(2)3)5-8-18(14)19/h5-11,13H,4,12H2,1-3H3. The molecule has 1 aromatic carbocycles. The number of hydrogen-bond donors (Lipinski definition) is 0. The molecule has 21 heavy (non-hydrogen) atoms. The van der Waals surface area contributed by atoms with E-state index in [0.717, 1.165) is 18.7 Å². The highest BCUT2D eigenvalue weighted by Gasteiger charge is 2.06. The van der Waals surface area contributed by atoms with Gasteiger partial charge in [0.2, 0.25) is 0 Å². The molecule has 3 rings (SSSR count). The van der Waals surface area contributed by atoms with Crippen molar-refractivity contribution in [1.82, 2.24) is 4.57 Å². The van der Waals surface area contributed by atoms with Gasteiger partial charge in [-0.1, -0.05) is 6.92 Å². The van der Waals surface area contributed by atoms with Gasteiger partial charge in [0.05, 0.1) is 12.6 Å². The van der Waals surface area contributed by atoms with E-state index in [9.17, 15) is 0 Å². The summed E-state index contributed by atoms with van der Waals surface area (Å²) < 4.78 is 8.07. The van der Waals surface area contributed by atoms with Gasteiger partial charge in [-0.3, -0.25) is 0 Å². The van der Waals surface area contributed by atoms with Crippen molar-refractivity contribution >= 4 is 22.2 Å². The van der Waals surface area contributed by atoms with E-state index in [0.29, 0.717) is 0 Å². The molecule has 2 aromatic heterocycles. The van der Waals surface area contributed by atoms with Crippen LogP contribution in [0.25, 0.3) is 10.9 Å². The van der Waals surface area contributed by atoms with Crippen molar-refractivity contribution in [3.05, 3.63) is 52.3 Å². The van der Waals surface area contributed by atoms with Gasteiger partial charge in [0.1, 0.15) is 5.75 Å². The molecule has 2 nitrogen and oxygen atoms in total. The molecule has 0 aliphatic rings. The minimum Gasteiger partial charge on any atom is -0.491 e. The molecule has 3 heteroatoms. The van der Waals surface area contributed by atoms with Gasteiger partial charge >= 0.3 is 0 Å². The quantitative estimate of drug-likeness (QED) is 0.639. The van der Waals surface area contributed by atoms with Crippen LogP contribution >= 0.6 is 11.3 Å². The molecule has 0 unspecified atom stereocenters. The van der Waals surface area contributed by atoms with E-state index in [-0.39, 0.29) is 6.10 Å². The highest BCUT2D eigenvalue weighted by Crippen LogP contribution is 2.25. The predicted octanol–water partition coefficient (Wildman–Crippen LogP) is 5.10. The van der Waals surface area contributed by atoms with Crippen LogP contribution in [0.2, 0.25) is 0 Å². The number of rotatable bonds is 5. The van der Waals surface area contributed by atoms with E-state index in [1.807, 2.05) is 11.3 Å². The lowest BCUT2D eigenvalue weighted by Crippen LogP contribution is -2.05. The topological polar surface area (TPSA) is 14.2 Å². The van der Waals surface area contributed by atoms with Gasteiger partial charge in [-0.15, -0.1) is 11.3 Å². The number of fused-ring (bicyclic) bond motifs is 1. The third-order valence-corrected chi connectivity index (χ3v) is 4.72. The second kappa shape index (κ2) is 5.94. The number of aromatic nitrogens is 1. The Hall–Kier alpha value is -1.74. The van der Waals surface area contributed by atoms with Crippen LogP contribution in [0.3, 0.4) is 0 Å². The zero-order chi connectivity index (χ0) is 14.8. The van der Waals surface area contributed by atoms with Crippen molar-refractivity contribution in [1.29, 1.82) is 0 Å². The number of hydrogen-bond acceptors (Lipinski definition) is 2. The summed E-state index contributed by atoms with van der Waals surface area (Å²) in [7, 11) is 0. The second-order valence-electron chi connectivity index (χ2n) is 5.55.